The van der Waals surface area contributed by atoms with E-state index in [1.807, 2.05) is 0 Å². The Morgan fingerprint density at radius 1 is 1.14 bits per heavy atom. The molecule has 0 bridgehead atoms. The van der Waals surface area contributed by atoms with Crippen molar-refractivity contribution in [1.29, 1.82) is 0 Å². The van der Waals surface area contributed by atoms with Gasteiger partial charge in [-0.05, 0) is 30.7 Å². The maximum atomic E-state index is 12.3. The smallest absolute Gasteiger partial charge is 0.338 e. The molecule has 0 aliphatic rings. The summed E-state index contributed by atoms with van der Waals surface area (Å²) in [5.41, 5.74) is 1.81. The van der Waals surface area contributed by atoms with Crippen LogP contribution in [0.1, 0.15) is 22.8 Å². The molecule has 29 heavy (non-hydrogen) atoms. The molecule has 0 aliphatic heterocycles. The van der Waals surface area contributed by atoms with Crippen LogP contribution in [0.5, 0.6) is 0 Å². The van der Waals surface area contributed by atoms with Gasteiger partial charge < -0.3 is 9.30 Å². The number of amides is 1. The van der Waals surface area contributed by atoms with E-state index in [0.717, 1.165) is 10.2 Å². The van der Waals surface area contributed by atoms with Crippen LogP contribution < -0.4 is 4.80 Å². The molecule has 0 radical (unpaired) electrons. The van der Waals surface area contributed by atoms with Gasteiger partial charge in [-0.2, -0.15) is 4.99 Å². The van der Waals surface area contributed by atoms with Crippen molar-refractivity contribution in [2.45, 2.75) is 12.7 Å². The van der Waals surface area contributed by atoms with Crippen LogP contribution in [0.2, 0.25) is 0 Å². The minimum Gasteiger partial charge on any atom is -0.462 e. The molecule has 0 aliphatic carbocycles. The Kier molecular flexibility index (Phi) is 6.29. The van der Waals surface area contributed by atoms with E-state index in [1.165, 1.54) is 11.3 Å². The van der Waals surface area contributed by atoms with Gasteiger partial charge in [-0.25, -0.2) is 13.2 Å². The summed E-state index contributed by atoms with van der Waals surface area (Å²) in [4.78, 5) is 28.5. The zero-order valence-electron chi connectivity index (χ0n) is 16.0. The molecular weight excluding hydrogens is 412 g/mol. The molecule has 9 heteroatoms. The van der Waals surface area contributed by atoms with Crippen molar-refractivity contribution < 1.29 is 22.7 Å². The summed E-state index contributed by atoms with van der Waals surface area (Å²) in [7, 11) is -1.90. The van der Waals surface area contributed by atoms with Gasteiger partial charge in [0.2, 0.25) is 0 Å². The number of carbonyl (C=O) groups is 2. The molecule has 0 saturated heterocycles. The summed E-state index contributed by atoms with van der Waals surface area (Å²) < 4.78 is 32.0. The number of fused-ring (bicyclic) bond motifs is 1. The zero-order valence-corrected chi connectivity index (χ0v) is 17.6. The summed E-state index contributed by atoms with van der Waals surface area (Å²) in [6.45, 7) is 2.01. The second kappa shape index (κ2) is 8.71. The number of hydrogen-bond acceptors (Lipinski definition) is 6. The van der Waals surface area contributed by atoms with Gasteiger partial charge in [0.1, 0.15) is 5.75 Å². The molecule has 3 rings (SSSR count). The number of ether oxygens (including phenoxy) is 1. The number of rotatable bonds is 6. The average Bonchev–Trinajstić information content (AvgIpc) is 2.96. The predicted molar refractivity (Wildman–Crippen MR) is 111 cm³/mol. The molecule has 2 aromatic carbocycles. The Morgan fingerprint density at radius 2 is 1.86 bits per heavy atom. The maximum Gasteiger partial charge on any atom is 0.338 e. The number of nitrogens with zero attached hydrogens (tertiary/aromatic N) is 2. The molecule has 0 spiro atoms. The van der Waals surface area contributed by atoms with Crippen LogP contribution in [-0.4, -0.2) is 37.2 Å². The SMILES string of the molecule is CCOC(=O)c1ccc2c(c1)sc(=NC(=O)CS(=O)(=O)Cc1ccccc1)n2C. The van der Waals surface area contributed by atoms with Gasteiger partial charge in [-0.15, -0.1) is 0 Å². The Hall–Kier alpha value is -2.78. The molecule has 3 aromatic rings. The van der Waals surface area contributed by atoms with Gasteiger partial charge in [-0.1, -0.05) is 41.7 Å². The minimum absolute atomic E-state index is 0.212. The monoisotopic (exact) mass is 432 g/mol. The molecule has 1 amide bonds. The molecule has 1 aromatic heterocycles. The van der Waals surface area contributed by atoms with Gasteiger partial charge in [0.05, 0.1) is 28.1 Å². The lowest BCUT2D eigenvalue weighted by Gasteiger charge is -2.02. The van der Waals surface area contributed by atoms with Crippen LogP contribution in [0.4, 0.5) is 0 Å². The highest BCUT2D eigenvalue weighted by Crippen LogP contribution is 2.19. The first-order chi connectivity index (χ1) is 13.8. The number of hydrogen-bond donors (Lipinski definition) is 0. The first-order valence-electron chi connectivity index (χ1n) is 8.87. The standard InChI is InChI=1S/C20H20N2O5S2/c1-3-27-19(24)15-9-10-16-17(11-15)28-20(22(16)2)21-18(23)13-29(25,26)12-14-7-5-4-6-8-14/h4-11H,3,12-13H2,1-2H3. The largest absolute Gasteiger partial charge is 0.462 e. The number of esters is 1. The average molecular weight is 433 g/mol. The summed E-state index contributed by atoms with van der Waals surface area (Å²) in [5, 5.41) is 0. The fourth-order valence-electron chi connectivity index (χ4n) is 2.79. The minimum atomic E-state index is -3.63. The zero-order chi connectivity index (χ0) is 21.0. The highest BCUT2D eigenvalue weighted by Gasteiger charge is 2.18. The van der Waals surface area contributed by atoms with Crippen molar-refractivity contribution in [3.63, 3.8) is 0 Å². The summed E-state index contributed by atoms with van der Waals surface area (Å²) in [5.74, 6) is -2.03. The van der Waals surface area contributed by atoms with E-state index >= 15 is 0 Å². The van der Waals surface area contributed by atoms with Gasteiger partial charge >= 0.3 is 5.97 Å². The third-order valence-corrected chi connectivity index (χ3v) is 6.67. The van der Waals surface area contributed by atoms with Crippen LogP contribution in [0.3, 0.4) is 0 Å². The number of benzene rings is 2. The fraction of sp³-hybridized carbons (Fsp3) is 0.250. The molecule has 0 N–H and O–H groups in total. The van der Waals surface area contributed by atoms with Gasteiger partial charge in [-0.3, -0.25) is 4.79 Å². The maximum absolute atomic E-state index is 12.3. The Labute approximate surface area is 172 Å². The van der Waals surface area contributed by atoms with Crippen LogP contribution in [0.25, 0.3) is 10.2 Å². The summed E-state index contributed by atoms with van der Waals surface area (Å²) in [6.07, 6.45) is 0. The number of thiazole rings is 1. The Bertz CT molecular complexity index is 1220. The van der Waals surface area contributed by atoms with Gasteiger partial charge in [0.15, 0.2) is 14.6 Å². The highest BCUT2D eigenvalue weighted by atomic mass is 32.2. The van der Waals surface area contributed by atoms with Crippen molar-refractivity contribution in [1.82, 2.24) is 4.57 Å². The first kappa shape index (κ1) is 20.9. The molecule has 0 saturated carbocycles. The van der Waals surface area contributed by atoms with Gasteiger partial charge in [0.25, 0.3) is 5.91 Å². The lowest BCUT2D eigenvalue weighted by atomic mass is 10.2. The van der Waals surface area contributed by atoms with Crippen molar-refractivity contribution in [2.24, 2.45) is 12.0 Å². The molecule has 1 heterocycles. The Balaban J connectivity index is 1.84. The van der Waals surface area contributed by atoms with Crippen LogP contribution in [-0.2, 0) is 32.2 Å². The van der Waals surface area contributed by atoms with Crippen molar-refractivity contribution in [3.05, 3.63) is 64.5 Å². The molecule has 152 valence electrons. The van der Waals surface area contributed by atoms with Crippen molar-refractivity contribution >= 4 is 43.3 Å². The normalized spacial score (nSPS) is 12.3. The second-order valence-electron chi connectivity index (χ2n) is 6.37. The van der Waals surface area contributed by atoms with E-state index in [-0.39, 0.29) is 12.4 Å². The molecule has 0 unspecified atom stereocenters. The van der Waals surface area contributed by atoms with E-state index in [1.54, 1.807) is 67.1 Å². The molecule has 0 fully saturated rings. The lowest BCUT2D eigenvalue weighted by Crippen LogP contribution is -2.20. The summed E-state index contributed by atoms with van der Waals surface area (Å²) >= 11 is 1.20. The Morgan fingerprint density at radius 3 is 2.55 bits per heavy atom. The van der Waals surface area contributed by atoms with E-state index < -0.39 is 27.5 Å². The predicted octanol–water partition coefficient (Wildman–Crippen LogP) is 2.46. The summed E-state index contributed by atoms with van der Waals surface area (Å²) in [6, 6.07) is 13.8. The topological polar surface area (TPSA) is 94.8 Å². The van der Waals surface area contributed by atoms with E-state index in [2.05, 4.69) is 4.99 Å². The third-order valence-electron chi connectivity index (χ3n) is 4.11. The highest BCUT2D eigenvalue weighted by molar-refractivity contribution is 7.91. The fourth-order valence-corrected chi connectivity index (χ4v) is 5.11. The quantitative estimate of drug-likeness (QED) is 0.558. The van der Waals surface area contributed by atoms with Crippen LogP contribution in [0.15, 0.2) is 53.5 Å². The van der Waals surface area contributed by atoms with Crippen molar-refractivity contribution in [3.8, 4) is 0 Å². The molecule has 0 atom stereocenters. The van der Waals surface area contributed by atoms with E-state index in [4.69, 9.17) is 4.74 Å². The molecular formula is C20H20N2O5S2. The van der Waals surface area contributed by atoms with E-state index in [9.17, 15) is 18.0 Å². The number of carbonyl (C=O) groups excluding carboxylic acids is 2. The number of sulfone groups is 1. The second-order valence-corrected chi connectivity index (χ2v) is 9.44. The molecule has 7 nitrogen and oxygen atoms in total. The van der Waals surface area contributed by atoms with E-state index in [0.29, 0.717) is 15.9 Å². The number of aromatic nitrogens is 1. The number of aryl methyl sites for hydroxylation is 1. The van der Waals surface area contributed by atoms with Crippen LogP contribution in [0, 0.1) is 0 Å². The van der Waals surface area contributed by atoms with Crippen LogP contribution >= 0.6 is 11.3 Å². The van der Waals surface area contributed by atoms with Gasteiger partial charge in [0, 0.05) is 7.05 Å². The lowest BCUT2D eigenvalue weighted by molar-refractivity contribution is -0.115. The third kappa shape index (κ3) is 5.18. The van der Waals surface area contributed by atoms with Crippen molar-refractivity contribution in [2.75, 3.05) is 12.4 Å². The first-order valence-corrected chi connectivity index (χ1v) is 11.5.